The van der Waals surface area contributed by atoms with Gasteiger partial charge in [-0.3, -0.25) is 9.80 Å². The van der Waals surface area contributed by atoms with Gasteiger partial charge >= 0.3 is 6.03 Å². The van der Waals surface area contributed by atoms with Gasteiger partial charge in [-0.1, -0.05) is 0 Å². The number of fused-ring (bicyclic) bond motifs is 1. The van der Waals surface area contributed by atoms with Crippen molar-refractivity contribution in [1.29, 1.82) is 0 Å². The highest BCUT2D eigenvalue weighted by molar-refractivity contribution is 6.06. The van der Waals surface area contributed by atoms with Crippen LogP contribution in [0.1, 0.15) is 31.2 Å². The van der Waals surface area contributed by atoms with Gasteiger partial charge in [0.15, 0.2) is 11.5 Å². The largest absolute Gasteiger partial charge is 0.497 e. The summed E-state index contributed by atoms with van der Waals surface area (Å²) in [4.78, 5) is 26.7. The number of nitrogens with zero attached hydrogens (tertiary/aromatic N) is 4. The summed E-state index contributed by atoms with van der Waals surface area (Å²) in [6, 6.07) is 12.7. The number of methoxy groups -OCH3 is 3. The van der Waals surface area contributed by atoms with Crippen molar-refractivity contribution in [2.75, 3.05) is 36.4 Å². The second kappa shape index (κ2) is 10.5. The van der Waals surface area contributed by atoms with Gasteiger partial charge in [0.1, 0.15) is 11.6 Å². The molecule has 0 bridgehead atoms. The molecule has 0 atom stereocenters. The van der Waals surface area contributed by atoms with Gasteiger partial charge in [0.25, 0.3) is 0 Å². The lowest BCUT2D eigenvalue weighted by molar-refractivity contribution is 0.122. The molecule has 2 N–H and O–H groups in total. The summed E-state index contributed by atoms with van der Waals surface area (Å²) in [5.74, 6) is 2.89. The first-order valence-corrected chi connectivity index (χ1v) is 12.3. The summed E-state index contributed by atoms with van der Waals surface area (Å²) < 4.78 is 16.0. The molecule has 5 rings (SSSR count). The van der Waals surface area contributed by atoms with Crippen LogP contribution in [-0.4, -0.2) is 54.6 Å². The van der Waals surface area contributed by atoms with E-state index in [9.17, 15) is 9.90 Å². The van der Waals surface area contributed by atoms with Gasteiger partial charge < -0.3 is 24.6 Å². The number of benzene rings is 2. The molecule has 37 heavy (non-hydrogen) atoms. The standard InChI is InChI=1S/C27H31N5O5/c1-35-22-11-7-19(8-12-22)31-16-17-15-28-26(29-18-4-13-23(36-2)24(14-18)37-3)30-25(17)32(27(31)34)20-5-9-21(33)10-6-20/h4,7-8,11-15,20-21,33H,5-6,9-10,16H2,1-3H3,(H,28,29,30)/t20-,21-. The Morgan fingerprint density at radius 1 is 0.946 bits per heavy atom. The van der Waals surface area contributed by atoms with Gasteiger partial charge in [0.05, 0.1) is 34.0 Å². The van der Waals surface area contributed by atoms with Gasteiger partial charge in [-0.15, -0.1) is 0 Å². The zero-order valence-electron chi connectivity index (χ0n) is 21.2. The van der Waals surface area contributed by atoms with Gasteiger partial charge in [0.2, 0.25) is 5.95 Å². The zero-order chi connectivity index (χ0) is 25.9. The maximum atomic E-state index is 13.9. The quantitative estimate of drug-likeness (QED) is 0.483. The summed E-state index contributed by atoms with van der Waals surface area (Å²) in [6.07, 6.45) is 4.12. The van der Waals surface area contributed by atoms with Gasteiger partial charge in [0, 0.05) is 35.2 Å². The second-order valence-electron chi connectivity index (χ2n) is 9.14. The van der Waals surface area contributed by atoms with Crippen LogP contribution < -0.4 is 29.3 Å². The van der Waals surface area contributed by atoms with Crippen molar-refractivity contribution in [2.24, 2.45) is 0 Å². The van der Waals surface area contributed by atoms with E-state index in [4.69, 9.17) is 19.2 Å². The molecule has 2 aromatic carbocycles. The Kier molecular flexibility index (Phi) is 7.00. The number of urea groups is 1. The molecule has 2 aliphatic rings. The van der Waals surface area contributed by atoms with E-state index in [1.54, 1.807) is 49.5 Å². The van der Waals surface area contributed by atoms with Crippen LogP contribution in [-0.2, 0) is 6.54 Å². The molecule has 0 spiro atoms. The third-order valence-corrected chi connectivity index (χ3v) is 6.89. The first-order chi connectivity index (χ1) is 18.0. The van der Waals surface area contributed by atoms with Gasteiger partial charge in [-0.05, 0) is 62.1 Å². The summed E-state index contributed by atoms with van der Waals surface area (Å²) in [7, 11) is 4.78. The lowest BCUT2D eigenvalue weighted by atomic mass is 9.91. The number of carbonyl (C=O) groups excluding carboxylic acids is 1. The topological polar surface area (TPSA) is 109 Å². The fourth-order valence-electron chi connectivity index (χ4n) is 4.89. The molecular formula is C27H31N5O5. The average molecular weight is 506 g/mol. The predicted molar refractivity (Wildman–Crippen MR) is 140 cm³/mol. The number of aliphatic hydroxyl groups excluding tert-OH is 1. The van der Waals surface area contributed by atoms with Gasteiger partial charge in [-0.25, -0.2) is 9.78 Å². The fourth-order valence-corrected chi connectivity index (χ4v) is 4.89. The number of hydrogen-bond donors (Lipinski definition) is 2. The Balaban J connectivity index is 1.49. The van der Waals surface area contributed by atoms with Crippen molar-refractivity contribution in [3.63, 3.8) is 0 Å². The van der Waals surface area contributed by atoms with Gasteiger partial charge in [-0.2, -0.15) is 4.98 Å². The Morgan fingerprint density at radius 3 is 2.35 bits per heavy atom. The van der Waals surface area contributed by atoms with E-state index in [-0.39, 0.29) is 18.2 Å². The Morgan fingerprint density at radius 2 is 1.68 bits per heavy atom. The molecule has 0 saturated heterocycles. The molecule has 10 heteroatoms. The Hall–Kier alpha value is -4.05. The van der Waals surface area contributed by atoms with Crippen LogP contribution in [0.2, 0.25) is 0 Å². The van der Waals surface area contributed by atoms with E-state index in [1.165, 1.54) is 0 Å². The Bertz CT molecular complexity index is 1260. The molecule has 1 fully saturated rings. The minimum absolute atomic E-state index is 0.0699. The van der Waals surface area contributed by atoms with E-state index >= 15 is 0 Å². The predicted octanol–water partition coefficient (Wildman–Crippen LogP) is 4.50. The third kappa shape index (κ3) is 4.97. The number of aromatic nitrogens is 2. The van der Waals surface area contributed by atoms with Crippen LogP contribution in [0.4, 0.5) is 27.9 Å². The first-order valence-electron chi connectivity index (χ1n) is 12.3. The summed E-state index contributed by atoms with van der Waals surface area (Å²) >= 11 is 0. The Labute approximate surface area is 215 Å². The molecule has 2 heterocycles. The molecule has 2 amide bonds. The summed E-state index contributed by atoms with van der Waals surface area (Å²) in [5, 5.41) is 13.3. The van der Waals surface area contributed by atoms with E-state index in [2.05, 4.69) is 10.3 Å². The summed E-state index contributed by atoms with van der Waals surface area (Å²) in [6.45, 7) is 0.350. The molecule has 1 aromatic heterocycles. The molecule has 1 aliphatic heterocycles. The van der Waals surface area contributed by atoms with Crippen molar-refractivity contribution in [2.45, 2.75) is 44.4 Å². The molecule has 0 unspecified atom stereocenters. The van der Waals surface area contributed by atoms with Crippen molar-refractivity contribution in [3.05, 3.63) is 54.2 Å². The lowest BCUT2D eigenvalue weighted by Gasteiger charge is -2.42. The van der Waals surface area contributed by atoms with Crippen molar-refractivity contribution in [1.82, 2.24) is 9.97 Å². The average Bonchev–Trinajstić information content (AvgIpc) is 2.93. The van der Waals surface area contributed by atoms with E-state index < -0.39 is 0 Å². The van der Waals surface area contributed by atoms with Crippen LogP contribution >= 0.6 is 0 Å². The molecule has 1 aliphatic carbocycles. The van der Waals surface area contributed by atoms with E-state index in [0.29, 0.717) is 55.5 Å². The minimum Gasteiger partial charge on any atom is -0.497 e. The SMILES string of the molecule is COc1ccc(N2Cc3cnc(Nc4ccc(OC)c(OC)c4)nc3N([C@H]3CC[C@H](O)CC3)C2=O)cc1. The van der Waals surface area contributed by atoms with Crippen molar-refractivity contribution in [3.8, 4) is 17.2 Å². The van der Waals surface area contributed by atoms with E-state index in [0.717, 1.165) is 22.7 Å². The molecule has 1 saturated carbocycles. The van der Waals surface area contributed by atoms with Crippen LogP contribution in [0.25, 0.3) is 0 Å². The van der Waals surface area contributed by atoms with Crippen LogP contribution in [0, 0.1) is 0 Å². The monoisotopic (exact) mass is 505 g/mol. The third-order valence-electron chi connectivity index (χ3n) is 6.89. The number of anilines is 4. The number of carbonyl (C=O) groups is 1. The molecule has 3 aromatic rings. The fraction of sp³-hybridized carbons (Fsp3) is 0.370. The van der Waals surface area contributed by atoms with Crippen molar-refractivity contribution < 1.29 is 24.1 Å². The summed E-state index contributed by atoms with van der Waals surface area (Å²) in [5.41, 5.74) is 2.34. The van der Waals surface area contributed by atoms with E-state index in [1.807, 2.05) is 30.3 Å². The van der Waals surface area contributed by atoms with Crippen LogP contribution in [0.5, 0.6) is 17.2 Å². The highest BCUT2D eigenvalue weighted by atomic mass is 16.5. The number of ether oxygens (including phenoxy) is 3. The first kappa shape index (κ1) is 24.6. The molecule has 10 nitrogen and oxygen atoms in total. The minimum atomic E-state index is -0.332. The maximum Gasteiger partial charge on any atom is 0.330 e. The molecule has 194 valence electrons. The number of rotatable bonds is 7. The second-order valence-corrected chi connectivity index (χ2v) is 9.14. The van der Waals surface area contributed by atoms with Crippen molar-refractivity contribution >= 4 is 29.2 Å². The number of nitrogens with one attached hydrogen (secondary N) is 1. The number of aliphatic hydroxyl groups is 1. The molecular weight excluding hydrogens is 474 g/mol. The normalized spacial score (nSPS) is 19.3. The van der Waals surface area contributed by atoms with Crippen LogP contribution in [0.15, 0.2) is 48.7 Å². The number of amides is 2. The highest BCUT2D eigenvalue weighted by Gasteiger charge is 2.38. The number of hydrogen-bond acceptors (Lipinski definition) is 8. The lowest BCUT2D eigenvalue weighted by Crippen LogP contribution is -2.53. The smallest absolute Gasteiger partial charge is 0.330 e. The highest BCUT2D eigenvalue weighted by Crippen LogP contribution is 2.37. The maximum absolute atomic E-state index is 13.9. The van der Waals surface area contributed by atoms with Crippen LogP contribution in [0.3, 0.4) is 0 Å². The zero-order valence-corrected chi connectivity index (χ0v) is 21.2. The molecule has 0 radical (unpaired) electrons.